The number of esters is 1. The third kappa shape index (κ3) is 4.09. The van der Waals surface area contributed by atoms with Crippen LogP contribution in [0.15, 0.2) is 52.5 Å². The monoisotopic (exact) mass is 300 g/mol. The largest absolute Gasteiger partial charge is 0.462 e. The minimum Gasteiger partial charge on any atom is -0.462 e. The SMILES string of the molecule is CCOC(=O)C(=Cc1ccc(Oc2ccccc2)o1)C(C)=O. The second-order valence-corrected chi connectivity index (χ2v) is 4.41. The first-order valence-electron chi connectivity index (χ1n) is 6.82. The van der Waals surface area contributed by atoms with Crippen LogP contribution in [0.2, 0.25) is 0 Å². The Balaban J connectivity index is 2.17. The molecular formula is C17H16O5. The average molecular weight is 300 g/mol. The molecule has 0 radical (unpaired) electrons. The van der Waals surface area contributed by atoms with Crippen LogP contribution in [-0.4, -0.2) is 18.4 Å². The normalized spacial score (nSPS) is 11.1. The molecule has 2 aromatic rings. The van der Waals surface area contributed by atoms with Crippen LogP contribution in [0.25, 0.3) is 6.08 Å². The quantitative estimate of drug-likeness (QED) is 0.353. The van der Waals surface area contributed by atoms with Gasteiger partial charge in [-0.1, -0.05) is 18.2 Å². The Labute approximate surface area is 128 Å². The molecule has 0 amide bonds. The van der Waals surface area contributed by atoms with Gasteiger partial charge in [0, 0.05) is 6.07 Å². The summed E-state index contributed by atoms with van der Waals surface area (Å²) in [6, 6.07) is 12.4. The van der Waals surface area contributed by atoms with E-state index in [0.717, 1.165) is 0 Å². The Morgan fingerprint density at radius 2 is 1.86 bits per heavy atom. The number of carbonyl (C=O) groups is 2. The third-order valence-corrected chi connectivity index (χ3v) is 2.73. The Kier molecular flexibility index (Phi) is 5.14. The highest BCUT2D eigenvalue weighted by Crippen LogP contribution is 2.24. The van der Waals surface area contributed by atoms with E-state index in [4.69, 9.17) is 13.9 Å². The minimum atomic E-state index is -0.670. The Morgan fingerprint density at radius 1 is 1.14 bits per heavy atom. The van der Waals surface area contributed by atoms with Crippen LogP contribution in [0.5, 0.6) is 11.7 Å². The third-order valence-electron chi connectivity index (χ3n) is 2.73. The number of ether oxygens (including phenoxy) is 2. The van der Waals surface area contributed by atoms with Gasteiger partial charge in [-0.25, -0.2) is 4.79 Å². The molecule has 0 aliphatic heterocycles. The smallest absolute Gasteiger partial charge is 0.341 e. The number of benzene rings is 1. The van der Waals surface area contributed by atoms with Crippen molar-refractivity contribution in [1.29, 1.82) is 0 Å². The van der Waals surface area contributed by atoms with Crippen LogP contribution in [0.1, 0.15) is 19.6 Å². The van der Waals surface area contributed by atoms with E-state index >= 15 is 0 Å². The Bertz CT molecular complexity index is 682. The summed E-state index contributed by atoms with van der Waals surface area (Å²) in [6.07, 6.45) is 1.35. The van der Waals surface area contributed by atoms with Crippen LogP contribution >= 0.6 is 0 Å². The van der Waals surface area contributed by atoms with Crippen LogP contribution in [0, 0.1) is 0 Å². The van der Waals surface area contributed by atoms with Crippen LogP contribution in [-0.2, 0) is 14.3 Å². The molecule has 5 nitrogen and oxygen atoms in total. The van der Waals surface area contributed by atoms with E-state index in [1.54, 1.807) is 31.2 Å². The summed E-state index contributed by atoms with van der Waals surface area (Å²) in [4.78, 5) is 23.2. The molecule has 1 aromatic carbocycles. The number of hydrogen-bond acceptors (Lipinski definition) is 5. The maximum Gasteiger partial charge on any atom is 0.341 e. The van der Waals surface area contributed by atoms with Gasteiger partial charge in [0.05, 0.1) is 6.61 Å². The van der Waals surface area contributed by atoms with Crippen molar-refractivity contribution in [2.45, 2.75) is 13.8 Å². The lowest BCUT2D eigenvalue weighted by Crippen LogP contribution is -2.13. The van der Waals surface area contributed by atoms with Gasteiger partial charge in [0.2, 0.25) is 0 Å². The summed E-state index contributed by atoms with van der Waals surface area (Å²) in [6.45, 7) is 3.17. The summed E-state index contributed by atoms with van der Waals surface area (Å²) >= 11 is 0. The van der Waals surface area contributed by atoms with Gasteiger partial charge in [-0.2, -0.15) is 0 Å². The van der Waals surface area contributed by atoms with Crippen molar-refractivity contribution in [2.75, 3.05) is 6.61 Å². The summed E-state index contributed by atoms with van der Waals surface area (Å²) in [5, 5.41) is 0. The molecule has 0 atom stereocenters. The molecule has 5 heteroatoms. The van der Waals surface area contributed by atoms with E-state index in [-0.39, 0.29) is 23.9 Å². The van der Waals surface area contributed by atoms with E-state index < -0.39 is 5.97 Å². The fourth-order valence-corrected chi connectivity index (χ4v) is 1.73. The highest BCUT2D eigenvalue weighted by Gasteiger charge is 2.16. The second kappa shape index (κ2) is 7.26. The number of rotatable bonds is 6. The summed E-state index contributed by atoms with van der Waals surface area (Å²) < 4.78 is 15.8. The van der Waals surface area contributed by atoms with Gasteiger partial charge < -0.3 is 13.9 Å². The fourth-order valence-electron chi connectivity index (χ4n) is 1.73. The zero-order valence-electron chi connectivity index (χ0n) is 12.4. The molecule has 2 rings (SSSR count). The first-order chi connectivity index (χ1) is 10.6. The van der Waals surface area contributed by atoms with Crippen molar-refractivity contribution < 1.29 is 23.5 Å². The van der Waals surface area contributed by atoms with Crippen molar-refractivity contribution in [1.82, 2.24) is 0 Å². The highest BCUT2D eigenvalue weighted by molar-refractivity contribution is 6.19. The molecule has 22 heavy (non-hydrogen) atoms. The van der Waals surface area contributed by atoms with Crippen molar-refractivity contribution in [3.63, 3.8) is 0 Å². The molecule has 0 bridgehead atoms. The van der Waals surface area contributed by atoms with Crippen LogP contribution in [0.4, 0.5) is 0 Å². The molecular weight excluding hydrogens is 284 g/mol. The van der Waals surface area contributed by atoms with E-state index in [2.05, 4.69) is 0 Å². The van der Waals surface area contributed by atoms with Crippen LogP contribution < -0.4 is 4.74 Å². The van der Waals surface area contributed by atoms with Gasteiger partial charge in [0.25, 0.3) is 5.95 Å². The average Bonchev–Trinajstić information content (AvgIpc) is 2.93. The Morgan fingerprint density at radius 3 is 2.50 bits per heavy atom. The predicted octanol–water partition coefficient (Wildman–Crippen LogP) is 3.61. The lowest BCUT2D eigenvalue weighted by atomic mass is 10.1. The molecule has 0 spiro atoms. The lowest BCUT2D eigenvalue weighted by molar-refractivity contribution is -0.139. The topological polar surface area (TPSA) is 65.7 Å². The van der Waals surface area contributed by atoms with Crippen molar-refractivity contribution >= 4 is 17.8 Å². The summed E-state index contributed by atoms with van der Waals surface area (Å²) in [7, 11) is 0. The molecule has 1 heterocycles. The number of hydrogen-bond donors (Lipinski definition) is 0. The molecule has 0 N–H and O–H groups in total. The van der Waals surface area contributed by atoms with Gasteiger partial charge in [-0.05, 0) is 38.1 Å². The molecule has 1 aromatic heterocycles. The van der Waals surface area contributed by atoms with Gasteiger partial charge in [0.1, 0.15) is 17.1 Å². The number of carbonyl (C=O) groups excluding carboxylic acids is 2. The van der Waals surface area contributed by atoms with Gasteiger partial charge >= 0.3 is 5.97 Å². The fraction of sp³-hybridized carbons (Fsp3) is 0.176. The molecule has 0 aliphatic carbocycles. The minimum absolute atomic E-state index is 0.0672. The van der Waals surface area contributed by atoms with Gasteiger partial charge in [-0.3, -0.25) is 4.79 Å². The summed E-state index contributed by atoms with van der Waals surface area (Å²) in [5.74, 6) is 0.176. The predicted molar refractivity (Wildman–Crippen MR) is 80.5 cm³/mol. The van der Waals surface area contributed by atoms with Crippen LogP contribution in [0.3, 0.4) is 0 Å². The maximum atomic E-state index is 11.7. The van der Waals surface area contributed by atoms with E-state index in [9.17, 15) is 9.59 Å². The molecule has 0 aliphatic rings. The maximum absolute atomic E-state index is 11.7. The first kappa shape index (κ1) is 15.6. The molecule has 0 unspecified atom stereocenters. The number of Topliss-reactive ketones (excluding diaryl/α,β-unsaturated/α-hetero) is 1. The van der Waals surface area contributed by atoms with E-state index in [1.165, 1.54) is 13.0 Å². The molecule has 114 valence electrons. The molecule has 0 saturated heterocycles. The van der Waals surface area contributed by atoms with Crippen molar-refractivity contribution in [3.8, 4) is 11.7 Å². The molecule has 0 fully saturated rings. The summed E-state index contributed by atoms with van der Waals surface area (Å²) in [5.41, 5.74) is -0.0672. The van der Waals surface area contributed by atoms with E-state index in [0.29, 0.717) is 11.5 Å². The number of para-hydroxylation sites is 1. The van der Waals surface area contributed by atoms with Gasteiger partial charge in [-0.15, -0.1) is 0 Å². The second-order valence-electron chi connectivity index (χ2n) is 4.41. The highest BCUT2D eigenvalue weighted by atomic mass is 16.6. The molecule has 0 saturated carbocycles. The van der Waals surface area contributed by atoms with Gasteiger partial charge in [0.15, 0.2) is 5.78 Å². The Hall–Kier alpha value is -2.82. The van der Waals surface area contributed by atoms with Crippen molar-refractivity contribution in [3.05, 3.63) is 53.8 Å². The zero-order valence-corrected chi connectivity index (χ0v) is 12.4. The van der Waals surface area contributed by atoms with E-state index in [1.807, 2.05) is 18.2 Å². The number of ketones is 1. The zero-order chi connectivity index (χ0) is 15.9. The first-order valence-corrected chi connectivity index (χ1v) is 6.82. The van der Waals surface area contributed by atoms with Crippen molar-refractivity contribution in [2.24, 2.45) is 0 Å². The number of furan rings is 1. The lowest BCUT2D eigenvalue weighted by Gasteiger charge is -2.02. The standard InChI is InChI=1S/C17H16O5/c1-3-20-17(19)15(12(2)18)11-14-9-10-16(22-14)21-13-7-5-4-6-8-13/h4-11H,3H2,1-2H3.